The van der Waals surface area contributed by atoms with Crippen LogP contribution in [0.4, 0.5) is 0 Å². The van der Waals surface area contributed by atoms with Crippen LogP contribution in [0.5, 0.6) is 0 Å². The lowest BCUT2D eigenvalue weighted by Crippen LogP contribution is -2.22. The van der Waals surface area contributed by atoms with Crippen molar-refractivity contribution in [2.75, 3.05) is 0 Å². The minimum Gasteiger partial charge on any atom is -0.350 e. The van der Waals surface area contributed by atoms with E-state index >= 15 is 0 Å². The van der Waals surface area contributed by atoms with Crippen LogP contribution >= 0.6 is 0 Å². The quantitative estimate of drug-likeness (QED) is 0.849. The van der Waals surface area contributed by atoms with E-state index in [-0.39, 0.29) is 5.91 Å². The zero-order valence-corrected chi connectivity index (χ0v) is 10.5. The van der Waals surface area contributed by atoms with Crippen LogP contribution in [0, 0.1) is 0 Å². The van der Waals surface area contributed by atoms with Crippen LogP contribution in [0.3, 0.4) is 0 Å². The van der Waals surface area contributed by atoms with Crippen molar-refractivity contribution >= 4 is 12.0 Å². The van der Waals surface area contributed by atoms with Gasteiger partial charge in [-0.1, -0.05) is 18.2 Å². The zero-order chi connectivity index (χ0) is 13.1. The molecule has 1 aromatic carbocycles. The maximum atomic E-state index is 11.5. The molecule has 1 aromatic heterocycles. The maximum Gasteiger partial charge on any atom is 0.244 e. The molecule has 19 heavy (non-hydrogen) atoms. The molecule has 1 heterocycles. The highest BCUT2D eigenvalue weighted by Gasteiger charge is 2.21. The number of nitrogens with one attached hydrogen (secondary N) is 1. The molecule has 4 heteroatoms. The molecule has 1 saturated carbocycles. The molecule has 1 aliphatic carbocycles. The zero-order valence-electron chi connectivity index (χ0n) is 10.5. The predicted molar refractivity (Wildman–Crippen MR) is 73.8 cm³/mol. The molecule has 0 atom stereocenters. The van der Waals surface area contributed by atoms with E-state index in [0.29, 0.717) is 6.04 Å². The van der Waals surface area contributed by atoms with Gasteiger partial charge in [-0.05, 0) is 31.1 Å². The SMILES string of the molecule is O=C(/C=C/c1cnn(-c2ccccc2)c1)NC1CC1. The smallest absolute Gasteiger partial charge is 0.244 e. The molecule has 1 N–H and O–H groups in total. The van der Waals surface area contributed by atoms with Crippen molar-refractivity contribution in [1.29, 1.82) is 0 Å². The summed E-state index contributed by atoms with van der Waals surface area (Å²) in [6.45, 7) is 0. The summed E-state index contributed by atoms with van der Waals surface area (Å²) < 4.78 is 1.79. The van der Waals surface area contributed by atoms with E-state index in [2.05, 4.69) is 10.4 Å². The molecule has 0 unspecified atom stereocenters. The molecule has 0 radical (unpaired) electrons. The van der Waals surface area contributed by atoms with Gasteiger partial charge in [-0.25, -0.2) is 4.68 Å². The fourth-order valence-corrected chi connectivity index (χ4v) is 1.79. The first-order chi connectivity index (χ1) is 9.31. The third-order valence-corrected chi connectivity index (χ3v) is 2.97. The second-order valence-corrected chi connectivity index (χ2v) is 4.67. The van der Waals surface area contributed by atoms with Crippen LogP contribution in [0.2, 0.25) is 0 Å². The lowest BCUT2D eigenvalue weighted by molar-refractivity contribution is -0.116. The highest BCUT2D eigenvalue weighted by molar-refractivity contribution is 5.92. The van der Waals surface area contributed by atoms with Crippen LogP contribution < -0.4 is 5.32 Å². The van der Waals surface area contributed by atoms with Gasteiger partial charge in [-0.15, -0.1) is 0 Å². The van der Waals surface area contributed by atoms with Gasteiger partial charge in [0, 0.05) is 23.9 Å². The first kappa shape index (κ1) is 11.7. The second-order valence-electron chi connectivity index (χ2n) is 4.67. The number of nitrogens with zero attached hydrogens (tertiary/aromatic N) is 2. The van der Waals surface area contributed by atoms with Crippen molar-refractivity contribution in [2.24, 2.45) is 0 Å². The third-order valence-electron chi connectivity index (χ3n) is 2.97. The number of para-hydroxylation sites is 1. The average molecular weight is 253 g/mol. The van der Waals surface area contributed by atoms with Crippen molar-refractivity contribution in [3.05, 3.63) is 54.4 Å². The molecule has 0 bridgehead atoms. The Morgan fingerprint density at radius 2 is 2.11 bits per heavy atom. The molecule has 3 rings (SSSR count). The fraction of sp³-hybridized carbons (Fsp3) is 0.200. The van der Waals surface area contributed by atoms with Crippen LogP contribution in [0.15, 0.2) is 48.8 Å². The molecule has 96 valence electrons. The minimum atomic E-state index is -0.0324. The molecule has 1 aliphatic rings. The molecule has 1 amide bonds. The number of aromatic nitrogens is 2. The van der Waals surface area contributed by atoms with Crippen molar-refractivity contribution in [2.45, 2.75) is 18.9 Å². The van der Waals surface area contributed by atoms with E-state index < -0.39 is 0 Å². The van der Waals surface area contributed by atoms with Gasteiger partial charge in [0.15, 0.2) is 0 Å². The monoisotopic (exact) mass is 253 g/mol. The molecule has 0 spiro atoms. The van der Waals surface area contributed by atoms with Gasteiger partial charge >= 0.3 is 0 Å². The molecule has 2 aromatic rings. The van der Waals surface area contributed by atoms with Gasteiger partial charge in [-0.3, -0.25) is 4.79 Å². The van der Waals surface area contributed by atoms with Gasteiger partial charge in [0.2, 0.25) is 5.91 Å². The predicted octanol–water partition coefficient (Wildman–Crippen LogP) is 2.16. The summed E-state index contributed by atoms with van der Waals surface area (Å²) in [4.78, 5) is 11.5. The summed E-state index contributed by atoms with van der Waals surface area (Å²) >= 11 is 0. The lowest BCUT2D eigenvalue weighted by atomic mass is 10.3. The number of hydrogen-bond donors (Lipinski definition) is 1. The average Bonchev–Trinajstić information content (AvgIpc) is 3.12. The Kier molecular flexibility index (Phi) is 3.14. The highest BCUT2D eigenvalue weighted by Crippen LogP contribution is 2.18. The number of carbonyl (C=O) groups is 1. The number of carbonyl (C=O) groups excluding carboxylic acids is 1. The Morgan fingerprint density at radius 3 is 2.84 bits per heavy atom. The molecule has 4 nitrogen and oxygen atoms in total. The maximum absolute atomic E-state index is 11.5. The largest absolute Gasteiger partial charge is 0.350 e. The molecule has 0 saturated heterocycles. The Morgan fingerprint density at radius 1 is 1.32 bits per heavy atom. The van der Waals surface area contributed by atoms with E-state index in [1.165, 1.54) is 0 Å². The number of amides is 1. The van der Waals surface area contributed by atoms with Gasteiger partial charge in [-0.2, -0.15) is 5.10 Å². The minimum absolute atomic E-state index is 0.0324. The molecular formula is C15H15N3O. The summed E-state index contributed by atoms with van der Waals surface area (Å²) in [5.74, 6) is -0.0324. The van der Waals surface area contributed by atoms with Gasteiger partial charge in [0.05, 0.1) is 11.9 Å². The van der Waals surface area contributed by atoms with Gasteiger partial charge in [0.25, 0.3) is 0 Å². The van der Waals surface area contributed by atoms with Crippen LogP contribution in [-0.2, 0) is 4.79 Å². The second kappa shape index (κ2) is 5.10. The molecule has 0 aliphatic heterocycles. The summed E-state index contributed by atoms with van der Waals surface area (Å²) in [5, 5.41) is 7.18. The summed E-state index contributed by atoms with van der Waals surface area (Å²) in [5.41, 5.74) is 1.92. The van der Waals surface area contributed by atoms with Crippen LogP contribution in [0.1, 0.15) is 18.4 Å². The fourth-order valence-electron chi connectivity index (χ4n) is 1.79. The number of benzene rings is 1. The molecular weight excluding hydrogens is 238 g/mol. The van der Waals surface area contributed by atoms with E-state index in [1.54, 1.807) is 23.0 Å². The van der Waals surface area contributed by atoms with E-state index in [9.17, 15) is 4.79 Å². The summed E-state index contributed by atoms with van der Waals surface area (Å²) in [6, 6.07) is 10.3. The first-order valence-corrected chi connectivity index (χ1v) is 6.40. The third kappa shape index (κ3) is 3.10. The topological polar surface area (TPSA) is 46.9 Å². The van der Waals surface area contributed by atoms with E-state index in [0.717, 1.165) is 24.1 Å². The van der Waals surface area contributed by atoms with Crippen LogP contribution in [0.25, 0.3) is 11.8 Å². The van der Waals surface area contributed by atoms with Crippen LogP contribution in [-0.4, -0.2) is 21.7 Å². The standard InChI is InChI=1S/C15H15N3O/c19-15(17-13-7-8-13)9-6-12-10-16-18(11-12)14-4-2-1-3-5-14/h1-6,9-11,13H,7-8H2,(H,17,19)/b9-6+. The summed E-state index contributed by atoms with van der Waals surface area (Å²) in [6.07, 6.45) is 9.19. The highest BCUT2D eigenvalue weighted by atomic mass is 16.1. The Labute approximate surface area is 111 Å². The number of hydrogen-bond acceptors (Lipinski definition) is 2. The van der Waals surface area contributed by atoms with E-state index in [1.807, 2.05) is 36.5 Å². The summed E-state index contributed by atoms with van der Waals surface area (Å²) in [7, 11) is 0. The first-order valence-electron chi connectivity index (χ1n) is 6.40. The van der Waals surface area contributed by atoms with Gasteiger partial charge < -0.3 is 5.32 Å². The number of rotatable bonds is 4. The van der Waals surface area contributed by atoms with Gasteiger partial charge in [0.1, 0.15) is 0 Å². The van der Waals surface area contributed by atoms with Crippen molar-refractivity contribution in [3.63, 3.8) is 0 Å². The van der Waals surface area contributed by atoms with Crippen molar-refractivity contribution < 1.29 is 4.79 Å². The Bertz CT molecular complexity index is 597. The van der Waals surface area contributed by atoms with Crippen molar-refractivity contribution in [1.82, 2.24) is 15.1 Å². The normalized spacial score (nSPS) is 14.7. The van der Waals surface area contributed by atoms with E-state index in [4.69, 9.17) is 0 Å². The Balaban J connectivity index is 1.67. The Hall–Kier alpha value is -2.36. The molecule has 1 fully saturated rings. The lowest BCUT2D eigenvalue weighted by Gasteiger charge is -1.98. The van der Waals surface area contributed by atoms with Crippen molar-refractivity contribution in [3.8, 4) is 5.69 Å².